The first-order valence-corrected chi connectivity index (χ1v) is 13.8. The van der Waals surface area contributed by atoms with Gasteiger partial charge in [0.05, 0.1) is 35.0 Å². The van der Waals surface area contributed by atoms with Gasteiger partial charge < -0.3 is 14.6 Å². The standard InChI is InChI=1S/C31H30N2O5S/c1-5-15-38-23-11-7-20(8-12-23)27-25(28(34)21-9-13-22(14-10-21)37-6-2)29(35)30(36)33(27)31-32-26-19(4)16-18(3)17-24(26)39-31/h7-14,16-17,27,34H,5-6,15H2,1-4H3. The van der Waals surface area contributed by atoms with Crippen molar-refractivity contribution in [2.75, 3.05) is 18.1 Å². The van der Waals surface area contributed by atoms with E-state index in [1.165, 1.54) is 16.2 Å². The van der Waals surface area contributed by atoms with Crippen LogP contribution in [0.2, 0.25) is 0 Å². The van der Waals surface area contributed by atoms with Gasteiger partial charge in [-0.05, 0) is 86.3 Å². The molecule has 1 fully saturated rings. The maximum Gasteiger partial charge on any atom is 0.301 e. The van der Waals surface area contributed by atoms with Crippen LogP contribution in [-0.4, -0.2) is 35.0 Å². The molecule has 1 aliphatic rings. The van der Waals surface area contributed by atoms with Gasteiger partial charge in [0.15, 0.2) is 5.13 Å². The molecule has 200 valence electrons. The number of aliphatic hydroxyl groups excluding tert-OH is 1. The van der Waals surface area contributed by atoms with Crippen molar-refractivity contribution in [3.63, 3.8) is 0 Å². The predicted octanol–water partition coefficient (Wildman–Crippen LogP) is 6.73. The number of Topliss-reactive ketones (excluding diaryl/α,β-unsaturated/α-hetero) is 1. The topological polar surface area (TPSA) is 89.0 Å². The van der Waals surface area contributed by atoms with Gasteiger partial charge in [-0.25, -0.2) is 4.98 Å². The Labute approximate surface area is 231 Å². The molecule has 39 heavy (non-hydrogen) atoms. The van der Waals surface area contributed by atoms with E-state index in [0.717, 1.165) is 27.8 Å². The van der Waals surface area contributed by atoms with Gasteiger partial charge in [-0.3, -0.25) is 14.5 Å². The Morgan fingerprint density at radius 3 is 2.31 bits per heavy atom. The maximum absolute atomic E-state index is 13.6. The fraction of sp³-hybridized carbons (Fsp3) is 0.258. The molecule has 1 aromatic heterocycles. The molecule has 0 radical (unpaired) electrons. The summed E-state index contributed by atoms with van der Waals surface area (Å²) in [6, 6.07) is 17.3. The van der Waals surface area contributed by atoms with Crippen molar-refractivity contribution in [3.8, 4) is 11.5 Å². The highest BCUT2D eigenvalue weighted by Gasteiger charge is 2.48. The SMILES string of the molecule is CCCOc1ccc(C2C(=C(O)c3ccc(OCC)cc3)C(=O)C(=O)N2c2nc3c(C)cc(C)cc3s2)cc1. The number of hydrogen-bond acceptors (Lipinski definition) is 7. The predicted molar refractivity (Wildman–Crippen MR) is 154 cm³/mol. The molecule has 4 aromatic rings. The molecule has 1 unspecified atom stereocenters. The Morgan fingerprint density at radius 2 is 1.64 bits per heavy atom. The van der Waals surface area contributed by atoms with Crippen molar-refractivity contribution in [2.45, 2.75) is 40.2 Å². The first kappa shape index (κ1) is 26.4. The molecule has 2 heterocycles. The van der Waals surface area contributed by atoms with E-state index in [2.05, 4.69) is 0 Å². The summed E-state index contributed by atoms with van der Waals surface area (Å²) in [6.07, 6.45) is 0.875. The molecule has 1 saturated heterocycles. The third kappa shape index (κ3) is 5.00. The van der Waals surface area contributed by atoms with E-state index in [1.54, 1.807) is 24.3 Å². The summed E-state index contributed by atoms with van der Waals surface area (Å²) >= 11 is 1.35. The van der Waals surface area contributed by atoms with Gasteiger partial charge in [0.25, 0.3) is 5.78 Å². The molecule has 0 bridgehead atoms. The third-order valence-corrected chi connectivity index (χ3v) is 7.58. The van der Waals surface area contributed by atoms with Crippen LogP contribution >= 0.6 is 11.3 Å². The summed E-state index contributed by atoms with van der Waals surface area (Å²) in [5, 5.41) is 11.8. The molecule has 0 aliphatic carbocycles. The minimum absolute atomic E-state index is 0.0125. The van der Waals surface area contributed by atoms with E-state index >= 15 is 0 Å². The number of aryl methyl sites for hydroxylation is 2. The van der Waals surface area contributed by atoms with Crippen LogP contribution in [-0.2, 0) is 9.59 Å². The molecule has 1 aliphatic heterocycles. The van der Waals surface area contributed by atoms with Crippen LogP contribution < -0.4 is 14.4 Å². The molecule has 7 nitrogen and oxygen atoms in total. The molecule has 1 N–H and O–H groups in total. The number of aliphatic hydroxyl groups is 1. The number of carbonyl (C=O) groups excluding carboxylic acids is 2. The molecule has 1 atom stereocenters. The second-order valence-electron chi connectivity index (χ2n) is 9.47. The number of amides is 1. The number of ether oxygens (including phenoxy) is 2. The lowest BCUT2D eigenvalue weighted by Crippen LogP contribution is -2.29. The van der Waals surface area contributed by atoms with Crippen molar-refractivity contribution in [3.05, 3.63) is 88.5 Å². The number of fused-ring (bicyclic) bond motifs is 1. The molecule has 0 spiro atoms. The average molecular weight is 543 g/mol. The number of anilines is 1. The Balaban J connectivity index is 1.66. The average Bonchev–Trinajstić information content (AvgIpc) is 3.46. The van der Waals surface area contributed by atoms with Gasteiger partial charge in [-0.15, -0.1) is 0 Å². The van der Waals surface area contributed by atoms with Gasteiger partial charge >= 0.3 is 5.91 Å². The fourth-order valence-electron chi connectivity index (χ4n) is 4.80. The summed E-state index contributed by atoms with van der Waals surface area (Å²) in [5.74, 6) is -0.399. The quantitative estimate of drug-likeness (QED) is 0.151. The number of ketones is 1. The van der Waals surface area contributed by atoms with Crippen LogP contribution in [0.3, 0.4) is 0 Å². The summed E-state index contributed by atoms with van der Waals surface area (Å²) < 4.78 is 12.2. The second kappa shape index (κ2) is 10.9. The van der Waals surface area contributed by atoms with Crippen LogP contribution in [0.15, 0.2) is 66.2 Å². The molecule has 3 aromatic carbocycles. The Morgan fingerprint density at radius 1 is 0.974 bits per heavy atom. The van der Waals surface area contributed by atoms with Crippen LogP contribution in [0.25, 0.3) is 16.0 Å². The van der Waals surface area contributed by atoms with E-state index in [1.807, 2.05) is 64.1 Å². The summed E-state index contributed by atoms with van der Waals surface area (Å²) in [5.41, 5.74) is 3.96. The largest absolute Gasteiger partial charge is 0.507 e. The van der Waals surface area contributed by atoms with Crippen molar-refractivity contribution < 1.29 is 24.2 Å². The molecular weight excluding hydrogens is 512 g/mol. The highest BCUT2D eigenvalue weighted by molar-refractivity contribution is 7.22. The van der Waals surface area contributed by atoms with Crippen molar-refractivity contribution in [1.29, 1.82) is 0 Å². The van der Waals surface area contributed by atoms with Crippen LogP contribution in [0.4, 0.5) is 5.13 Å². The first-order valence-electron chi connectivity index (χ1n) is 13.0. The van der Waals surface area contributed by atoms with E-state index in [-0.39, 0.29) is 11.3 Å². The van der Waals surface area contributed by atoms with E-state index in [4.69, 9.17) is 14.5 Å². The molecule has 5 rings (SSSR count). The zero-order valence-corrected chi connectivity index (χ0v) is 23.2. The van der Waals surface area contributed by atoms with Crippen molar-refractivity contribution in [1.82, 2.24) is 4.98 Å². The molecule has 1 amide bonds. The summed E-state index contributed by atoms with van der Waals surface area (Å²) in [6.45, 7) is 9.00. The Hall–Kier alpha value is -4.17. The lowest BCUT2D eigenvalue weighted by molar-refractivity contribution is -0.132. The number of hydrogen-bond donors (Lipinski definition) is 1. The number of carbonyl (C=O) groups is 2. The van der Waals surface area contributed by atoms with E-state index < -0.39 is 17.7 Å². The van der Waals surface area contributed by atoms with Crippen LogP contribution in [0.1, 0.15) is 48.6 Å². The molecule has 0 saturated carbocycles. The minimum atomic E-state index is -0.862. The van der Waals surface area contributed by atoms with Crippen LogP contribution in [0, 0.1) is 13.8 Å². The lowest BCUT2D eigenvalue weighted by Gasteiger charge is -2.23. The third-order valence-electron chi connectivity index (χ3n) is 6.58. The smallest absolute Gasteiger partial charge is 0.301 e. The first-order chi connectivity index (χ1) is 18.8. The maximum atomic E-state index is 13.6. The van der Waals surface area contributed by atoms with E-state index in [9.17, 15) is 14.7 Å². The van der Waals surface area contributed by atoms with Gasteiger partial charge in [0.2, 0.25) is 0 Å². The zero-order chi connectivity index (χ0) is 27.7. The Kier molecular flexibility index (Phi) is 7.39. The highest BCUT2D eigenvalue weighted by Crippen LogP contribution is 2.45. The Bertz CT molecular complexity index is 1570. The molecule has 8 heteroatoms. The van der Waals surface area contributed by atoms with Crippen molar-refractivity contribution in [2.24, 2.45) is 0 Å². The van der Waals surface area contributed by atoms with Crippen LogP contribution in [0.5, 0.6) is 11.5 Å². The zero-order valence-electron chi connectivity index (χ0n) is 22.4. The number of rotatable bonds is 8. The van der Waals surface area contributed by atoms with Gasteiger partial charge in [0, 0.05) is 5.56 Å². The second-order valence-corrected chi connectivity index (χ2v) is 10.5. The number of benzene rings is 3. The minimum Gasteiger partial charge on any atom is -0.507 e. The number of aromatic nitrogens is 1. The monoisotopic (exact) mass is 542 g/mol. The van der Waals surface area contributed by atoms with E-state index in [0.29, 0.717) is 41.0 Å². The number of thiazole rings is 1. The molecular formula is C31H30N2O5S. The summed E-state index contributed by atoms with van der Waals surface area (Å²) in [7, 11) is 0. The number of nitrogens with zero attached hydrogens (tertiary/aromatic N) is 2. The lowest BCUT2D eigenvalue weighted by atomic mass is 9.95. The summed E-state index contributed by atoms with van der Waals surface area (Å²) in [4.78, 5) is 33.3. The highest BCUT2D eigenvalue weighted by atomic mass is 32.1. The van der Waals surface area contributed by atoms with Gasteiger partial charge in [-0.1, -0.05) is 36.5 Å². The van der Waals surface area contributed by atoms with Gasteiger partial charge in [-0.2, -0.15) is 0 Å². The normalized spacial score (nSPS) is 16.7. The van der Waals surface area contributed by atoms with Gasteiger partial charge in [0.1, 0.15) is 17.3 Å². The van der Waals surface area contributed by atoms with Crippen molar-refractivity contribution >= 4 is 44.1 Å². The fourth-order valence-corrected chi connectivity index (χ4v) is 5.97.